The zero-order chi connectivity index (χ0) is 15.6. The first-order valence-electron chi connectivity index (χ1n) is 7.16. The van der Waals surface area contributed by atoms with Gasteiger partial charge in [0, 0.05) is 5.38 Å². The summed E-state index contributed by atoms with van der Waals surface area (Å²) in [4.78, 5) is 28.2. The first kappa shape index (κ1) is 14.8. The molecule has 116 valence electrons. The van der Waals surface area contributed by atoms with Crippen molar-refractivity contribution in [2.24, 2.45) is 0 Å². The number of hydrogen-bond acceptors (Lipinski definition) is 5. The standard InChI is InChI=1S/C15H16N2O4S/c18-12(17-15(14(19)20)6-2-1-3-7-15)10-9-22-13(16-10)11-5-4-8-21-11/h4-5,8-9H,1-3,6-7H2,(H,17,18)(H,19,20). The molecule has 1 amide bonds. The summed E-state index contributed by atoms with van der Waals surface area (Å²) in [6.45, 7) is 0. The molecule has 0 bridgehead atoms. The minimum Gasteiger partial charge on any atom is -0.480 e. The number of carboxylic acids is 1. The van der Waals surface area contributed by atoms with Gasteiger partial charge in [-0.15, -0.1) is 11.3 Å². The second kappa shape index (κ2) is 5.92. The van der Waals surface area contributed by atoms with Gasteiger partial charge in [-0.1, -0.05) is 19.3 Å². The maximum absolute atomic E-state index is 12.3. The van der Waals surface area contributed by atoms with Crippen molar-refractivity contribution >= 4 is 23.2 Å². The smallest absolute Gasteiger partial charge is 0.329 e. The number of rotatable bonds is 4. The molecule has 2 N–H and O–H groups in total. The van der Waals surface area contributed by atoms with E-state index in [1.807, 2.05) is 0 Å². The molecule has 1 fully saturated rings. The molecule has 0 spiro atoms. The molecule has 0 saturated heterocycles. The molecule has 1 aliphatic carbocycles. The predicted molar refractivity (Wildman–Crippen MR) is 80.7 cm³/mol. The molecule has 0 aliphatic heterocycles. The van der Waals surface area contributed by atoms with E-state index in [9.17, 15) is 14.7 Å². The van der Waals surface area contributed by atoms with Gasteiger partial charge in [-0.2, -0.15) is 0 Å². The topological polar surface area (TPSA) is 92.4 Å². The molecule has 0 aromatic carbocycles. The first-order chi connectivity index (χ1) is 10.6. The fourth-order valence-corrected chi connectivity index (χ4v) is 3.49. The van der Waals surface area contributed by atoms with Gasteiger partial charge in [-0.05, 0) is 25.0 Å². The SMILES string of the molecule is O=C(NC1(C(=O)O)CCCCC1)c1csc(-c2ccco2)n1. The molecule has 22 heavy (non-hydrogen) atoms. The van der Waals surface area contributed by atoms with Crippen LogP contribution in [0, 0.1) is 0 Å². The van der Waals surface area contributed by atoms with E-state index >= 15 is 0 Å². The largest absolute Gasteiger partial charge is 0.480 e. The van der Waals surface area contributed by atoms with Crippen LogP contribution in [0.3, 0.4) is 0 Å². The van der Waals surface area contributed by atoms with E-state index in [1.54, 1.807) is 17.5 Å². The summed E-state index contributed by atoms with van der Waals surface area (Å²) in [7, 11) is 0. The Hall–Kier alpha value is -2.15. The number of carbonyl (C=O) groups is 2. The third-order valence-electron chi connectivity index (χ3n) is 3.94. The Kier molecular flexibility index (Phi) is 3.98. The quantitative estimate of drug-likeness (QED) is 0.903. The average molecular weight is 320 g/mol. The van der Waals surface area contributed by atoms with Crippen molar-refractivity contribution in [2.75, 3.05) is 0 Å². The van der Waals surface area contributed by atoms with Crippen molar-refractivity contribution in [3.8, 4) is 10.8 Å². The van der Waals surface area contributed by atoms with E-state index in [0.29, 0.717) is 23.6 Å². The lowest BCUT2D eigenvalue weighted by Gasteiger charge is -2.33. The van der Waals surface area contributed by atoms with E-state index in [4.69, 9.17) is 4.42 Å². The molecule has 7 heteroatoms. The molecule has 3 rings (SSSR count). The van der Waals surface area contributed by atoms with Crippen LogP contribution in [0.2, 0.25) is 0 Å². The van der Waals surface area contributed by atoms with Crippen LogP contribution in [0.25, 0.3) is 10.8 Å². The van der Waals surface area contributed by atoms with E-state index < -0.39 is 17.4 Å². The number of hydrogen-bond donors (Lipinski definition) is 2. The minimum absolute atomic E-state index is 0.225. The number of aliphatic carboxylic acids is 1. The predicted octanol–water partition coefficient (Wildman–Crippen LogP) is 2.92. The Morgan fingerprint density at radius 1 is 1.32 bits per heavy atom. The van der Waals surface area contributed by atoms with Crippen LogP contribution in [0.1, 0.15) is 42.6 Å². The van der Waals surface area contributed by atoms with Gasteiger partial charge in [0.15, 0.2) is 10.8 Å². The Bertz CT molecular complexity index is 672. The summed E-state index contributed by atoms with van der Waals surface area (Å²) in [5, 5.41) is 14.4. The molecule has 2 aromatic rings. The van der Waals surface area contributed by atoms with E-state index in [-0.39, 0.29) is 5.69 Å². The molecule has 0 atom stereocenters. The lowest BCUT2D eigenvalue weighted by atomic mass is 9.81. The van der Waals surface area contributed by atoms with Crippen molar-refractivity contribution < 1.29 is 19.1 Å². The van der Waals surface area contributed by atoms with Gasteiger partial charge < -0.3 is 14.8 Å². The molecular formula is C15H16N2O4S. The van der Waals surface area contributed by atoms with Crippen LogP contribution in [0.4, 0.5) is 0 Å². The number of amides is 1. The molecule has 1 saturated carbocycles. The summed E-state index contributed by atoms with van der Waals surface area (Å²) in [6.07, 6.45) is 5.08. The number of carboxylic acid groups (broad SMARTS) is 1. The van der Waals surface area contributed by atoms with Gasteiger partial charge >= 0.3 is 5.97 Å². The van der Waals surface area contributed by atoms with Crippen molar-refractivity contribution in [2.45, 2.75) is 37.6 Å². The summed E-state index contributed by atoms with van der Waals surface area (Å²) in [5.74, 6) is -0.824. The van der Waals surface area contributed by atoms with Crippen LogP contribution in [-0.2, 0) is 4.79 Å². The van der Waals surface area contributed by atoms with Crippen LogP contribution in [0.15, 0.2) is 28.2 Å². The van der Waals surface area contributed by atoms with Gasteiger partial charge in [0.05, 0.1) is 6.26 Å². The minimum atomic E-state index is -1.16. The van der Waals surface area contributed by atoms with Crippen LogP contribution < -0.4 is 5.32 Å². The Morgan fingerprint density at radius 3 is 2.73 bits per heavy atom. The maximum Gasteiger partial charge on any atom is 0.329 e. The molecule has 2 aromatic heterocycles. The van der Waals surface area contributed by atoms with Crippen LogP contribution in [0.5, 0.6) is 0 Å². The zero-order valence-electron chi connectivity index (χ0n) is 11.9. The van der Waals surface area contributed by atoms with Gasteiger partial charge in [0.2, 0.25) is 0 Å². The normalized spacial score (nSPS) is 17.1. The highest BCUT2D eigenvalue weighted by molar-refractivity contribution is 7.13. The van der Waals surface area contributed by atoms with E-state index in [0.717, 1.165) is 19.3 Å². The zero-order valence-corrected chi connectivity index (χ0v) is 12.7. The summed E-state index contributed by atoms with van der Waals surface area (Å²) < 4.78 is 5.24. The highest BCUT2D eigenvalue weighted by Crippen LogP contribution is 2.29. The van der Waals surface area contributed by atoms with Crippen LogP contribution in [-0.4, -0.2) is 27.5 Å². The third-order valence-corrected chi connectivity index (χ3v) is 4.79. The molecule has 0 unspecified atom stereocenters. The maximum atomic E-state index is 12.3. The van der Waals surface area contributed by atoms with Crippen molar-refractivity contribution in [3.63, 3.8) is 0 Å². The van der Waals surface area contributed by atoms with Crippen molar-refractivity contribution in [3.05, 3.63) is 29.5 Å². The summed E-state index contributed by atoms with van der Waals surface area (Å²) in [5.41, 5.74) is -0.938. The fraction of sp³-hybridized carbons (Fsp3) is 0.400. The molecular weight excluding hydrogens is 304 g/mol. The van der Waals surface area contributed by atoms with Crippen LogP contribution >= 0.6 is 11.3 Å². The summed E-state index contributed by atoms with van der Waals surface area (Å²) >= 11 is 1.29. The van der Waals surface area contributed by atoms with E-state index in [2.05, 4.69) is 10.3 Å². The number of furan rings is 1. The summed E-state index contributed by atoms with van der Waals surface area (Å²) in [6, 6.07) is 3.51. The van der Waals surface area contributed by atoms with Gasteiger partial charge in [-0.25, -0.2) is 9.78 Å². The highest BCUT2D eigenvalue weighted by Gasteiger charge is 2.41. The van der Waals surface area contributed by atoms with Crippen molar-refractivity contribution in [1.29, 1.82) is 0 Å². The Morgan fingerprint density at radius 2 is 2.09 bits per heavy atom. The molecule has 2 heterocycles. The number of carbonyl (C=O) groups excluding carboxylic acids is 1. The lowest BCUT2D eigenvalue weighted by Crippen LogP contribution is -2.55. The van der Waals surface area contributed by atoms with Gasteiger partial charge in [0.1, 0.15) is 11.2 Å². The Balaban J connectivity index is 1.77. The van der Waals surface area contributed by atoms with Gasteiger partial charge in [-0.3, -0.25) is 4.79 Å². The molecule has 0 radical (unpaired) electrons. The fourth-order valence-electron chi connectivity index (χ4n) is 2.72. The number of nitrogens with one attached hydrogen (secondary N) is 1. The number of thiazole rings is 1. The Labute approximate surface area is 131 Å². The van der Waals surface area contributed by atoms with Crippen molar-refractivity contribution in [1.82, 2.24) is 10.3 Å². The molecule has 1 aliphatic rings. The number of aromatic nitrogens is 1. The second-order valence-electron chi connectivity index (χ2n) is 5.42. The first-order valence-corrected chi connectivity index (χ1v) is 8.04. The lowest BCUT2D eigenvalue weighted by molar-refractivity contribution is -0.145. The molecule has 6 nitrogen and oxygen atoms in total. The van der Waals surface area contributed by atoms with E-state index in [1.165, 1.54) is 17.6 Å². The second-order valence-corrected chi connectivity index (χ2v) is 6.28. The monoisotopic (exact) mass is 320 g/mol. The average Bonchev–Trinajstić information content (AvgIpc) is 3.19. The number of nitrogens with zero attached hydrogens (tertiary/aromatic N) is 1. The van der Waals surface area contributed by atoms with Gasteiger partial charge in [0.25, 0.3) is 5.91 Å². The highest BCUT2D eigenvalue weighted by atomic mass is 32.1. The third kappa shape index (κ3) is 2.76.